The maximum atomic E-state index is 6.11. The first kappa shape index (κ1) is 15.2. The molecular weight excluding hydrogens is 292 g/mol. The van der Waals surface area contributed by atoms with Crippen LogP contribution in [0, 0.1) is 0 Å². The van der Waals surface area contributed by atoms with Crippen LogP contribution < -0.4 is 9.80 Å². The predicted octanol–water partition coefficient (Wildman–Crippen LogP) is 5.05. The monoisotopic (exact) mass is 314 g/mol. The van der Waals surface area contributed by atoms with E-state index >= 15 is 0 Å². The number of anilines is 2. The van der Waals surface area contributed by atoms with Crippen LogP contribution in [-0.2, 0) is 0 Å². The SMILES string of the molecule is CC(C)N1CN([C@H](CCCl)c2ccccc2)c2ccccc21. The molecule has 0 aromatic heterocycles. The van der Waals surface area contributed by atoms with E-state index in [0.717, 1.165) is 13.1 Å². The summed E-state index contributed by atoms with van der Waals surface area (Å²) in [6, 6.07) is 20.2. The zero-order chi connectivity index (χ0) is 15.5. The fourth-order valence-corrected chi connectivity index (χ4v) is 3.46. The van der Waals surface area contributed by atoms with E-state index in [-0.39, 0.29) is 0 Å². The third-order valence-corrected chi connectivity index (χ3v) is 4.59. The molecule has 1 atom stereocenters. The van der Waals surface area contributed by atoms with E-state index in [9.17, 15) is 0 Å². The fourth-order valence-electron chi connectivity index (χ4n) is 3.26. The number of alkyl halides is 1. The van der Waals surface area contributed by atoms with Gasteiger partial charge in [-0.2, -0.15) is 0 Å². The Morgan fingerprint density at radius 2 is 1.50 bits per heavy atom. The molecule has 1 heterocycles. The van der Waals surface area contributed by atoms with Gasteiger partial charge in [-0.05, 0) is 38.0 Å². The van der Waals surface area contributed by atoms with Gasteiger partial charge in [0.05, 0.1) is 24.1 Å². The van der Waals surface area contributed by atoms with Crippen molar-refractivity contribution in [3.63, 3.8) is 0 Å². The van der Waals surface area contributed by atoms with Gasteiger partial charge in [0.1, 0.15) is 0 Å². The van der Waals surface area contributed by atoms with Crippen LogP contribution in [0.15, 0.2) is 54.6 Å². The molecule has 1 aliphatic rings. The first-order chi connectivity index (χ1) is 10.7. The van der Waals surface area contributed by atoms with Crippen molar-refractivity contribution in [1.29, 1.82) is 0 Å². The molecule has 0 spiro atoms. The molecule has 2 aromatic rings. The second-order valence-electron chi connectivity index (χ2n) is 6.07. The quantitative estimate of drug-likeness (QED) is 0.713. The number of para-hydroxylation sites is 2. The van der Waals surface area contributed by atoms with Gasteiger partial charge in [-0.15, -0.1) is 11.6 Å². The zero-order valence-corrected chi connectivity index (χ0v) is 14.0. The molecule has 3 heteroatoms. The fraction of sp³-hybridized carbons (Fsp3) is 0.368. The predicted molar refractivity (Wildman–Crippen MR) is 95.9 cm³/mol. The summed E-state index contributed by atoms with van der Waals surface area (Å²) in [6.45, 7) is 5.42. The van der Waals surface area contributed by atoms with Crippen molar-refractivity contribution in [2.75, 3.05) is 22.3 Å². The van der Waals surface area contributed by atoms with Crippen LogP contribution in [-0.4, -0.2) is 18.6 Å². The minimum absolute atomic E-state index is 0.323. The first-order valence-corrected chi connectivity index (χ1v) is 8.49. The summed E-state index contributed by atoms with van der Waals surface area (Å²) in [6.07, 6.45) is 0.950. The molecule has 22 heavy (non-hydrogen) atoms. The number of hydrogen-bond donors (Lipinski definition) is 0. The van der Waals surface area contributed by atoms with E-state index in [1.165, 1.54) is 16.9 Å². The molecule has 0 unspecified atom stereocenters. The molecule has 2 aromatic carbocycles. The molecular formula is C19H23ClN2. The van der Waals surface area contributed by atoms with Crippen molar-refractivity contribution in [1.82, 2.24) is 0 Å². The van der Waals surface area contributed by atoms with Gasteiger partial charge in [0.15, 0.2) is 0 Å². The maximum absolute atomic E-state index is 6.11. The summed E-state index contributed by atoms with van der Waals surface area (Å²) in [7, 11) is 0. The lowest BCUT2D eigenvalue weighted by molar-refractivity contribution is 0.591. The van der Waals surface area contributed by atoms with Crippen LogP contribution in [0.25, 0.3) is 0 Å². The van der Waals surface area contributed by atoms with E-state index in [1.54, 1.807) is 0 Å². The molecule has 0 amide bonds. The van der Waals surface area contributed by atoms with Crippen LogP contribution in [0.2, 0.25) is 0 Å². The molecule has 0 N–H and O–H groups in total. The van der Waals surface area contributed by atoms with Crippen molar-refractivity contribution < 1.29 is 0 Å². The normalized spacial score (nSPS) is 15.3. The Bertz CT molecular complexity index is 612. The summed E-state index contributed by atoms with van der Waals surface area (Å²) in [5, 5.41) is 0. The summed E-state index contributed by atoms with van der Waals surface area (Å²) in [4.78, 5) is 4.95. The topological polar surface area (TPSA) is 6.48 Å². The van der Waals surface area contributed by atoms with Gasteiger partial charge < -0.3 is 9.80 Å². The Labute approximate surface area is 138 Å². The van der Waals surface area contributed by atoms with Crippen LogP contribution >= 0.6 is 11.6 Å². The summed E-state index contributed by atoms with van der Waals surface area (Å²) in [5.74, 6) is 0.667. The summed E-state index contributed by atoms with van der Waals surface area (Å²) < 4.78 is 0. The molecule has 0 fully saturated rings. The lowest BCUT2D eigenvalue weighted by Gasteiger charge is -2.31. The Kier molecular flexibility index (Phi) is 4.58. The van der Waals surface area contributed by atoms with Crippen molar-refractivity contribution >= 4 is 23.0 Å². The Balaban J connectivity index is 1.99. The average molecular weight is 315 g/mol. The third-order valence-electron chi connectivity index (χ3n) is 4.37. The zero-order valence-electron chi connectivity index (χ0n) is 13.2. The number of fused-ring (bicyclic) bond motifs is 1. The number of rotatable bonds is 5. The Morgan fingerprint density at radius 1 is 0.909 bits per heavy atom. The molecule has 3 rings (SSSR count). The van der Waals surface area contributed by atoms with E-state index < -0.39 is 0 Å². The van der Waals surface area contributed by atoms with Crippen LogP contribution in [0.3, 0.4) is 0 Å². The van der Waals surface area contributed by atoms with Gasteiger partial charge in [-0.1, -0.05) is 42.5 Å². The van der Waals surface area contributed by atoms with E-state index in [1.807, 2.05) is 0 Å². The van der Waals surface area contributed by atoms with Gasteiger partial charge in [0.2, 0.25) is 0 Å². The molecule has 0 saturated carbocycles. The Morgan fingerprint density at radius 3 is 2.09 bits per heavy atom. The minimum Gasteiger partial charge on any atom is -0.350 e. The van der Waals surface area contributed by atoms with E-state index in [0.29, 0.717) is 18.0 Å². The lowest BCUT2D eigenvalue weighted by atomic mass is 10.0. The van der Waals surface area contributed by atoms with Crippen LogP contribution in [0.1, 0.15) is 31.9 Å². The van der Waals surface area contributed by atoms with Crippen molar-refractivity contribution in [2.24, 2.45) is 0 Å². The largest absolute Gasteiger partial charge is 0.350 e. The molecule has 116 valence electrons. The highest BCUT2D eigenvalue weighted by molar-refractivity contribution is 6.17. The van der Waals surface area contributed by atoms with Crippen molar-refractivity contribution in [3.05, 3.63) is 60.2 Å². The first-order valence-electron chi connectivity index (χ1n) is 7.95. The number of benzene rings is 2. The van der Waals surface area contributed by atoms with Crippen LogP contribution in [0.4, 0.5) is 11.4 Å². The molecule has 2 nitrogen and oxygen atoms in total. The minimum atomic E-state index is 0.323. The second kappa shape index (κ2) is 6.62. The summed E-state index contributed by atoms with van der Waals surface area (Å²) >= 11 is 6.11. The molecule has 1 aliphatic heterocycles. The van der Waals surface area contributed by atoms with E-state index in [2.05, 4.69) is 78.2 Å². The summed E-state index contributed by atoms with van der Waals surface area (Å²) in [5.41, 5.74) is 3.98. The van der Waals surface area contributed by atoms with E-state index in [4.69, 9.17) is 11.6 Å². The van der Waals surface area contributed by atoms with Gasteiger partial charge in [0.25, 0.3) is 0 Å². The Hall–Kier alpha value is -1.67. The third kappa shape index (κ3) is 2.80. The lowest BCUT2D eigenvalue weighted by Crippen LogP contribution is -2.37. The van der Waals surface area contributed by atoms with Gasteiger partial charge in [0, 0.05) is 11.9 Å². The van der Waals surface area contributed by atoms with Gasteiger partial charge in [-0.25, -0.2) is 0 Å². The van der Waals surface area contributed by atoms with Crippen molar-refractivity contribution in [3.8, 4) is 0 Å². The maximum Gasteiger partial charge on any atom is 0.0913 e. The second-order valence-corrected chi connectivity index (χ2v) is 6.45. The van der Waals surface area contributed by atoms with Gasteiger partial charge in [-0.3, -0.25) is 0 Å². The highest BCUT2D eigenvalue weighted by Crippen LogP contribution is 2.42. The average Bonchev–Trinajstić information content (AvgIpc) is 2.93. The number of hydrogen-bond acceptors (Lipinski definition) is 2. The highest BCUT2D eigenvalue weighted by atomic mass is 35.5. The number of halogens is 1. The van der Waals surface area contributed by atoms with Crippen LogP contribution in [0.5, 0.6) is 0 Å². The number of nitrogens with zero attached hydrogens (tertiary/aromatic N) is 2. The standard InChI is InChI=1S/C19H23ClN2/c1-15(2)21-14-22(19-11-7-6-10-18(19)21)17(12-13-20)16-8-4-3-5-9-16/h3-11,15,17H,12-14H2,1-2H3/t17-/m1/s1. The van der Waals surface area contributed by atoms with Gasteiger partial charge >= 0.3 is 0 Å². The molecule has 0 radical (unpaired) electrons. The molecule has 0 saturated heterocycles. The molecule has 0 aliphatic carbocycles. The highest BCUT2D eigenvalue weighted by Gasteiger charge is 2.32. The van der Waals surface area contributed by atoms with Crippen molar-refractivity contribution in [2.45, 2.75) is 32.4 Å². The smallest absolute Gasteiger partial charge is 0.0913 e. The molecule has 0 bridgehead atoms.